The predicted molar refractivity (Wildman–Crippen MR) is 103 cm³/mol. The highest BCUT2D eigenvalue weighted by Crippen LogP contribution is 2.12. The number of rotatable bonds is 7. The molecule has 2 aromatic rings. The number of amides is 2. The summed E-state index contributed by atoms with van der Waals surface area (Å²) < 4.78 is 6.58. The van der Waals surface area contributed by atoms with Gasteiger partial charge in [-0.3, -0.25) is 24.1 Å². The normalized spacial score (nSPS) is 13.6. The van der Waals surface area contributed by atoms with Crippen molar-refractivity contribution in [2.75, 3.05) is 45.5 Å². The Labute approximate surface area is 160 Å². The lowest BCUT2D eigenvalue weighted by molar-refractivity contribution is 0.0634. The zero-order chi connectivity index (χ0) is 19.4. The molecule has 8 nitrogen and oxygen atoms in total. The van der Waals surface area contributed by atoms with Gasteiger partial charge in [-0.1, -0.05) is 6.07 Å². The molecule has 0 spiro atoms. The molecular weight excluding hydrogens is 368 g/mol. The third-order valence-electron chi connectivity index (χ3n) is 4.33. The van der Waals surface area contributed by atoms with Crippen LogP contribution in [0.2, 0.25) is 0 Å². The van der Waals surface area contributed by atoms with E-state index in [0.29, 0.717) is 32.8 Å². The Morgan fingerprint density at radius 3 is 2.89 bits per heavy atom. The standard InChI is InChI=1S/C18H22N4O4S/c1-20-12-21(7-8-26-2)18(25)15-10-16(23)14(11-22(15)20)17(24)19-6-5-13-4-3-9-27-13/h3-4,9-11H,5-8,12H2,1-2H3,(H,19,24). The van der Waals surface area contributed by atoms with Crippen molar-refractivity contribution in [3.8, 4) is 0 Å². The van der Waals surface area contributed by atoms with Crippen molar-refractivity contribution >= 4 is 23.2 Å². The van der Waals surface area contributed by atoms with Crippen LogP contribution in [0.3, 0.4) is 0 Å². The number of nitrogens with zero attached hydrogens (tertiary/aromatic N) is 3. The number of methoxy groups -OCH3 is 1. The lowest BCUT2D eigenvalue weighted by Crippen LogP contribution is -2.53. The summed E-state index contributed by atoms with van der Waals surface area (Å²) in [6.45, 7) is 1.63. The lowest BCUT2D eigenvalue weighted by atomic mass is 10.2. The summed E-state index contributed by atoms with van der Waals surface area (Å²) in [7, 11) is 3.36. The van der Waals surface area contributed by atoms with E-state index < -0.39 is 11.3 Å². The van der Waals surface area contributed by atoms with Gasteiger partial charge in [0.2, 0.25) is 0 Å². The van der Waals surface area contributed by atoms with E-state index in [1.54, 1.807) is 40.1 Å². The molecule has 9 heteroatoms. The smallest absolute Gasteiger partial charge is 0.274 e. The lowest BCUT2D eigenvalue weighted by Gasteiger charge is -2.37. The van der Waals surface area contributed by atoms with Crippen LogP contribution in [0.5, 0.6) is 0 Å². The van der Waals surface area contributed by atoms with Gasteiger partial charge in [-0.25, -0.2) is 0 Å². The van der Waals surface area contributed by atoms with Gasteiger partial charge >= 0.3 is 0 Å². The number of hydrogen-bond acceptors (Lipinski definition) is 6. The minimum absolute atomic E-state index is 0.0231. The summed E-state index contributed by atoms with van der Waals surface area (Å²) in [4.78, 5) is 40.2. The minimum Gasteiger partial charge on any atom is -0.383 e. The summed E-state index contributed by atoms with van der Waals surface area (Å²) in [5.41, 5.74) is -0.208. The second kappa shape index (κ2) is 8.36. The number of carbonyl (C=O) groups excluding carboxylic acids is 2. The van der Waals surface area contributed by atoms with Gasteiger partial charge in [-0.15, -0.1) is 11.3 Å². The third kappa shape index (κ3) is 4.20. The van der Waals surface area contributed by atoms with Crippen LogP contribution in [0.4, 0.5) is 0 Å². The highest BCUT2D eigenvalue weighted by molar-refractivity contribution is 7.09. The fourth-order valence-electron chi connectivity index (χ4n) is 2.90. The van der Waals surface area contributed by atoms with Crippen LogP contribution >= 0.6 is 11.3 Å². The average molecular weight is 390 g/mol. The van der Waals surface area contributed by atoms with Gasteiger partial charge in [-0.05, 0) is 17.9 Å². The summed E-state index contributed by atoms with van der Waals surface area (Å²) in [6, 6.07) is 5.19. The Morgan fingerprint density at radius 1 is 1.37 bits per heavy atom. The van der Waals surface area contributed by atoms with Crippen LogP contribution in [-0.2, 0) is 11.2 Å². The zero-order valence-corrected chi connectivity index (χ0v) is 16.1. The molecule has 0 aliphatic carbocycles. The van der Waals surface area contributed by atoms with Crippen molar-refractivity contribution in [3.05, 3.63) is 56.1 Å². The van der Waals surface area contributed by atoms with Crippen molar-refractivity contribution in [1.82, 2.24) is 14.9 Å². The molecule has 0 saturated carbocycles. The quantitative estimate of drug-likeness (QED) is 0.745. The van der Waals surface area contributed by atoms with Crippen LogP contribution in [0.1, 0.15) is 25.7 Å². The van der Waals surface area contributed by atoms with Crippen molar-refractivity contribution in [2.45, 2.75) is 6.42 Å². The summed E-state index contributed by atoms with van der Waals surface area (Å²) in [6.07, 6.45) is 2.15. The maximum absolute atomic E-state index is 12.6. The van der Waals surface area contributed by atoms with E-state index in [1.165, 1.54) is 17.1 Å². The molecule has 0 unspecified atom stereocenters. The van der Waals surface area contributed by atoms with Gasteiger partial charge in [-0.2, -0.15) is 0 Å². The van der Waals surface area contributed by atoms with E-state index in [1.807, 2.05) is 17.5 Å². The van der Waals surface area contributed by atoms with Crippen LogP contribution < -0.4 is 15.8 Å². The maximum atomic E-state index is 12.6. The number of aromatic nitrogens is 1. The Hall–Kier alpha value is -2.65. The molecule has 3 heterocycles. The molecule has 0 bridgehead atoms. The predicted octanol–water partition coefficient (Wildman–Crippen LogP) is 0.510. The Kier molecular flexibility index (Phi) is 5.92. The highest BCUT2D eigenvalue weighted by Gasteiger charge is 2.28. The van der Waals surface area contributed by atoms with Crippen LogP contribution in [0.15, 0.2) is 34.6 Å². The third-order valence-corrected chi connectivity index (χ3v) is 5.26. The SMILES string of the molecule is COCCN1CN(C)n2cc(C(=O)NCCc3cccs3)c(=O)cc2C1=O. The van der Waals surface area contributed by atoms with Crippen molar-refractivity contribution in [2.24, 2.45) is 0 Å². The van der Waals surface area contributed by atoms with E-state index in [-0.39, 0.29) is 17.2 Å². The van der Waals surface area contributed by atoms with E-state index in [0.717, 1.165) is 0 Å². The minimum atomic E-state index is -0.467. The Morgan fingerprint density at radius 2 is 2.19 bits per heavy atom. The Balaban J connectivity index is 1.75. The maximum Gasteiger partial charge on any atom is 0.274 e. The highest BCUT2D eigenvalue weighted by atomic mass is 32.1. The number of pyridine rings is 1. The monoisotopic (exact) mass is 390 g/mol. The fourth-order valence-corrected chi connectivity index (χ4v) is 3.61. The largest absolute Gasteiger partial charge is 0.383 e. The molecule has 1 aliphatic heterocycles. The topological polar surface area (TPSA) is 83.9 Å². The first-order chi connectivity index (χ1) is 13.0. The first-order valence-electron chi connectivity index (χ1n) is 8.58. The molecule has 1 N–H and O–H groups in total. The van der Waals surface area contributed by atoms with E-state index in [2.05, 4.69) is 5.32 Å². The first-order valence-corrected chi connectivity index (χ1v) is 9.46. The number of thiophene rings is 1. The van der Waals surface area contributed by atoms with Gasteiger partial charge in [0.1, 0.15) is 17.9 Å². The molecule has 144 valence electrons. The first kappa shape index (κ1) is 19.1. The molecule has 0 fully saturated rings. The number of nitrogens with one attached hydrogen (secondary N) is 1. The molecule has 2 amide bonds. The molecule has 1 aliphatic rings. The molecule has 3 rings (SSSR count). The summed E-state index contributed by atoms with van der Waals surface area (Å²) >= 11 is 1.62. The van der Waals surface area contributed by atoms with Crippen LogP contribution in [-0.4, -0.2) is 61.9 Å². The molecule has 27 heavy (non-hydrogen) atoms. The van der Waals surface area contributed by atoms with Crippen molar-refractivity contribution in [3.63, 3.8) is 0 Å². The van der Waals surface area contributed by atoms with Crippen molar-refractivity contribution in [1.29, 1.82) is 0 Å². The molecule has 0 saturated heterocycles. The number of carbonyl (C=O) groups is 2. The summed E-state index contributed by atoms with van der Waals surface area (Å²) in [5.74, 6) is -0.693. The van der Waals surface area contributed by atoms with E-state index in [9.17, 15) is 14.4 Å². The molecule has 0 aromatic carbocycles. The number of hydrogen-bond donors (Lipinski definition) is 1. The second-order valence-electron chi connectivity index (χ2n) is 6.23. The van der Waals surface area contributed by atoms with Gasteiger partial charge in [0.25, 0.3) is 11.8 Å². The fraction of sp³-hybridized carbons (Fsp3) is 0.389. The zero-order valence-electron chi connectivity index (χ0n) is 15.3. The van der Waals surface area contributed by atoms with Gasteiger partial charge in [0, 0.05) is 44.4 Å². The molecule has 2 aromatic heterocycles. The number of fused-ring (bicyclic) bond motifs is 1. The average Bonchev–Trinajstić information content (AvgIpc) is 3.16. The molecule has 0 radical (unpaired) electrons. The summed E-state index contributed by atoms with van der Waals surface area (Å²) in [5, 5.41) is 6.53. The van der Waals surface area contributed by atoms with Crippen LogP contribution in [0, 0.1) is 0 Å². The van der Waals surface area contributed by atoms with Gasteiger partial charge in [0.05, 0.1) is 6.61 Å². The van der Waals surface area contributed by atoms with E-state index in [4.69, 9.17) is 4.74 Å². The number of ether oxygens (including phenoxy) is 1. The van der Waals surface area contributed by atoms with Gasteiger partial charge < -0.3 is 15.0 Å². The molecule has 0 atom stereocenters. The Bertz CT molecular complexity index is 878. The van der Waals surface area contributed by atoms with Crippen molar-refractivity contribution < 1.29 is 14.3 Å². The van der Waals surface area contributed by atoms with Gasteiger partial charge in [0.15, 0.2) is 5.43 Å². The van der Waals surface area contributed by atoms with Crippen LogP contribution in [0.25, 0.3) is 0 Å². The molecular formula is C18H22N4O4S. The second-order valence-corrected chi connectivity index (χ2v) is 7.26. The van der Waals surface area contributed by atoms with E-state index >= 15 is 0 Å².